The van der Waals surface area contributed by atoms with Crippen LogP contribution in [0.4, 0.5) is 11.6 Å². The van der Waals surface area contributed by atoms with E-state index in [1.165, 1.54) is 0 Å². The smallest absolute Gasteiger partial charge is 0.257 e. The molecule has 7 nitrogen and oxygen atoms in total. The largest absolute Gasteiger partial charge is 0.496 e. The molecule has 7 heteroatoms. The third kappa shape index (κ3) is 4.72. The van der Waals surface area contributed by atoms with Gasteiger partial charge in [-0.25, -0.2) is 9.97 Å². The molecule has 1 aromatic carbocycles. The first-order chi connectivity index (χ1) is 15.4. The zero-order valence-corrected chi connectivity index (χ0v) is 19.1. The van der Waals surface area contributed by atoms with Gasteiger partial charge in [0.05, 0.1) is 24.6 Å². The van der Waals surface area contributed by atoms with Gasteiger partial charge in [-0.2, -0.15) is 0 Å². The van der Waals surface area contributed by atoms with Crippen LogP contribution >= 0.6 is 0 Å². The fraction of sp³-hybridized carbons (Fsp3) is 0.360. The summed E-state index contributed by atoms with van der Waals surface area (Å²) in [6.45, 7) is 7.25. The van der Waals surface area contributed by atoms with Crippen LogP contribution in [0.15, 0.2) is 42.6 Å². The number of amides is 1. The highest BCUT2D eigenvalue weighted by Gasteiger charge is 2.28. The highest BCUT2D eigenvalue weighted by molar-refractivity contribution is 5.97. The molecule has 0 saturated carbocycles. The van der Waals surface area contributed by atoms with Crippen molar-refractivity contribution in [2.24, 2.45) is 0 Å². The second kappa shape index (κ2) is 9.34. The van der Waals surface area contributed by atoms with E-state index in [2.05, 4.69) is 20.3 Å². The number of likely N-dealkylation sites (tertiary alicyclic amines) is 1. The number of aryl methyl sites for hydroxylation is 3. The van der Waals surface area contributed by atoms with Gasteiger partial charge in [0.25, 0.3) is 5.91 Å². The second-order valence-electron chi connectivity index (χ2n) is 8.32. The summed E-state index contributed by atoms with van der Waals surface area (Å²) in [5.74, 6) is 1.44. The molecule has 1 saturated heterocycles. The number of hydrogen-bond acceptors (Lipinski definition) is 6. The number of aromatic nitrogens is 3. The maximum Gasteiger partial charge on any atom is 0.257 e. The van der Waals surface area contributed by atoms with Gasteiger partial charge in [0, 0.05) is 36.1 Å². The third-order valence-corrected chi connectivity index (χ3v) is 5.80. The van der Waals surface area contributed by atoms with Gasteiger partial charge in [0.1, 0.15) is 5.75 Å². The molecule has 32 heavy (non-hydrogen) atoms. The number of nitrogens with zero attached hydrogens (tertiary/aromatic N) is 4. The molecule has 2 aromatic heterocycles. The highest BCUT2D eigenvalue weighted by Crippen LogP contribution is 2.30. The van der Waals surface area contributed by atoms with Crippen LogP contribution in [0.2, 0.25) is 0 Å². The van der Waals surface area contributed by atoms with Crippen LogP contribution in [0.5, 0.6) is 5.75 Å². The van der Waals surface area contributed by atoms with E-state index >= 15 is 0 Å². The number of pyridine rings is 1. The molecule has 3 heterocycles. The summed E-state index contributed by atoms with van der Waals surface area (Å²) in [7, 11) is 1.61. The molecule has 0 radical (unpaired) electrons. The lowest BCUT2D eigenvalue weighted by Gasteiger charge is -2.33. The van der Waals surface area contributed by atoms with Crippen LogP contribution in [0.1, 0.15) is 51.8 Å². The topological polar surface area (TPSA) is 80.2 Å². The molecule has 4 rings (SSSR count). The molecule has 1 N–H and O–H groups in total. The van der Waals surface area contributed by atoms with E-state index in [4.69, 9.17) is 4.74 Å². The fourth-order valence-corrected chi connectivity index (χ4v) is 4.30. The lowest BCUT2D eigenvalue weighted by atomic mass is 9.93. The lowest BCUT2D eigenvalue weighted by Crippen LogP contribution is -2.39. The van der Waals surface area contributed by atoms with Crippen LogP contribution in [0, 0.1) is 20.8 Å². The average molecular weight is 432 g/mol. The first-order valence-electron chi connectivity index (χ1n) is 10.9. The quantitative estimate of drug-likeness (QED) is 0.637. The molecule has 0 aliphatic carbocycles. The minimum absolute atomic E-state index is 0.0144. The van der Waals surface area contributed by atoms with Gasteiger partial charge in [-0.1, -0.05) is 12.1 Å². The number of hydrogen-bond donors (Lipinski definition) is 1. The Bertz CT molecular complexity index is 1090. The number of methoxy groups -OCH3 is 1. The van der Waals surface area contributed by atoms with Crippen LogP contribution in [0.25, 0.3) is 0 Å². The van der Waals surface area contributed by atoms with Gasteiger partial charge in [0.15, 0.2) is 0 Å². The molecule has 0 spiro atoms. The lowest BCUT2D eigenvalue weighted by molar-refractivity contribution is 0.0702. The number of benzene rings is 1. The summed E-state index contributed by atoms with van der Waals surface area (Å²) in [5.41, 5.74) is 5.25. The molecule has 1 atom stereocenters. The van der Waals surface area contributed by atoms with E-state index < -0.39 is 0 Å². The van der Waals surface area contributed by atoms with E-state index in [-0.39, 0.29) is 11.8 Å². The monoisotopic (exact) mass is 431 g/mol. The van der Waals surface area contributed by atoms with Crippen LogP contribution in [0.3, 0.4) is 0 Å². The van der Waals surface area contributed by atoms with Gasteiger partial charge in [-0.15, -0.1) is 0 Å². The Hall–Kier alpha value is -3.48. The molecular weight excluding hydrogens is 402 g/mol. The summed E-state index contributed by atoms with van der Waals surface area (Å²) < 4.78 is 5.50. The Morgan fingerprint density at radius 3 is 2.59 bits per heavy atom. The van der Waals surface area contributed by atoms with Crippen LogP contribution in [-0.4, -0.2) is 46.0 Å². The highest BCUT2D eigenvalue weighted by atomic mass is 16.5. The van der Waals surface area contributed by atoms with E-state index in [0.717, 1.165) is 47.7 Å². The molecule has 1 amide bonds. The maximum atomic E-state index is 13.2. The first-order valence-corrected chi connectivity index (χ1v) is 10.9. The van der Waals surface area contributed by atoms with E-state index in [1.807, 2.05) is 62.1 Å². The summed E-state index contributed by atoms with van der Waals surface area (Å²) >= 11 is 0. The van der Waals surface area contributed by atoms with Crippen molar-refractivity contribution in [1.29, 1.82) is 0 Å². The maximum absolute atomic E-state index is 13.2. The molecule has 1 aliphatic heterocycles. The van der Waals surface area contributed by atoms with Crippen molar-refractivity contribution in [3.8, 4) is 5.75 Å². The van der Waals surface area contributed by atoms with Crippen molar-refractivity contribution in [1.82, 2.24) is 19.9 Å². The number of rotatable bonds is 5. The Morgan fingerprint density at radius 2 is 1.91 bits per heavy atom. The Kier molecular flexibility index (Phi) is 6.35. The number of carbonyl (C=O) groups is 1. The van der Waals surface area contributed by atoms with Crippen molar-refractivity contribution < 1.29 is 9.53 Å². The summed E-state index contributed by atoms with van der Waals surface area (Å²) in [4.78, 5) is 28.6. The summed E-state index contributed by atoms with van der Waals surface area (Å²) in [6, 6.07) is 11.7. The summed E-state index contributed by atoms with van der Waals surface area (Å²) in [5, 5.41) is 3.22. The predicted molar refractivity (Wildman–Crippen MR) is 125 cm³/mol. The van der Waals surface area contributed by atoms with Gasteiger partial charge >= 0.3 is 0 Å². The standard InChI is InChI=1S/C25H29N5O2/c1-16-7-5-9-21(23(16)32-4)24(31)30-12-6-8-19(15-30)22-11-10-20(14-26-22)29-25-27-17(2)13-18(3)28-25/h5,7,9-11,13-14,19H,6,8,12,15H2,1-4H3,(H,27,28,29)/t19-/m1/s1. The zero-order valence-electron chi connectivity index (χ0n) is 19.1. The minimum Gasteiger partial charge on any atom is -0.496 e. The SMILES string of the molecule is COc1c(C)cccc1C(=O)N1CCC[C@@H](c2ccc(Nc3nc(C)cc(C)n3)cn2)C1. The van der Waals surface area contributed by atoms with E-state index in [0.29, 0.717) is 23.8 Å². The molecular formula is C25H29N5O2. The minimum atomic E-state index is 0.0144. The molecule has 3 aromatic rings. The van der Waals surface area contributed by atoms with Gasteiger partial charge in [-0.3, -0.25) is 9.78 Å². The Morgan fingerprint density at radius 1 is 1.12 bits per heavy atom. The molecule has 1 fully saturated rings. The van der Waals surface area contributed by atoms with Crippen molar-refractivity contribution in [3.05, 3.63) is 70.8 Å². The number of ether oxygens (including phenoxy) is 1. The molecule has 1 aliphatic rings. The van der Waals surface area contributed by atoms with E-state index in [1.54, 1.807) is 13.3 Å². The number of para-hydroxylation sites is 1. The van der Waals surface area contributed by atoms with Gasteiger partial charge in [-0.05, 0) is 63.4 Å². The number of nitrogens with one attached hydrogen (secondary N) is 1. The van der Waals surface area contributed by atoms with Gasteiger partial charge in [0.2, 0.25) is 5.95 Å². The zero-order chi connectivity index (χ0) is 22.7. The van der Waals surface area contributed by atoms with E-state index in [9.17, 15) is 4.79 Å². The van der Waals surface area contributed by atoms with Crippen molar-refractivity contribution in [2.75, 3.05) is 25.5 Å². The molecule has 0 unspecified atom stereocenters. The molecule has 166 valence electrons. The van der Waals surface area contributed by atoms with Crippen molar-refractivity contribution in [2.45, 2.75) is 39.5 Å². The van der Waals surface area contributed by atoms with Crippen molar-refractivity contribution >= 4 is 17.5 Å². The van der Waals surface area contributed by atoms with Gasteiger partial charge < -0.3 is 15.0 Å². The second-order valence-corrected chi connectivity index (χ2v) is 8.32. The third-order valence-electron chi connectivity index (χ3n) is 5.80. The fourth-order valence-electron chi connectivity index (χ4n) is 4.30. The number of anilines is 2. The normalized spacial score (nSPS) is 16.0. The number of carbonyl (C=O) groups excluding carboxylic acids is 1. The molecule has 0 bridgehead atoms. The predicted octanol–water partition coefficient (Wildman–Crippen LogP) is 4.57. The van der Waals surface area contributed by atoms with Crippen molar-refractivity contribution in [3.63, 3.8) is 0 Å². The Labute approximate surface area is 188 Å². The van der Waals surface area contributed by atoms with Crippen LogP contribution in [-0.2, 0) is 0 Å². The first kappa shape index (κ1) is 21.7. The Balaban J connectivity index is 1.46. The van der Waals surface area contributed by atoms with Crippen LogP contribution < -0.4 is 10.1 Å². The average Bonchev–Trinajstić information content (AvgIpc) is 2.78. The summed E-state index contributed by atoms with van der Waals surface area (Å²) in [6.07, 6.45) is 3.76. The number of piperidine rings is 1.